The second-order valence-electron chi connectivity index (χ2n) is 6.29. The predicted molar refractivity (Wildman–Crippen MR) is 78.0 cm³/mol. The number of piperidine rings is 1. The van der Waals surface area contributed by atoms with Gasteiger partial charge in [-0.2, -0.15) is 0 Å². The highest BCUT2D eigenvalue weighted by Gasteiger charge is 2.19. The summed E-state index contributed by atoms with van der Waals surface area (Å²) in [6.07, 6.45) is 8.27. The van der Waals surface area contributed by atoms with Crippen LogP contribution in [-0.2, 0) is 0 Å². The monoisotopic (exact) mass is 253 g/mol. The molecular weight excluding hydrogens is 222 g/mol. The van der Waals surface area contributed by atoms with Crippen LogP contribution in [0.3, 0.4) is 0 Å². The minimum absolute atomic E-state index is 0.714. The second-order valence-corrected chi connectivity index (χ2v) is 6.29. The van der Waals surface area contributed by atoms with E-state index in [1.54, 1.807) is 0 Å². The van der Waals surface area contributed by atoms with Gasteiger partial charge in [0.05, 0.1) is 0 Å². The van der Waals surface area contributed by atoms with E-state index in [-0.39, 0.29) is 0 Å². The van der Waals surface area contributed by atoms with Crippen LogP contribution in [0.1, 0.15) is 45.4 Å². The quantitative estimate of drug-likeness (QED) is 0.826. The first-order valence-electron chi connectivity index (χ1n) is 7.91. The van der Waals surface area contributed by atoms with Gasteiger partial charge in [-0.25, -0.2) is 0 Å². The molecule has 3 nitrogen and oxygen atoms in total. The van der Waals surface area contributed by atoms with E-state index in [0.717, 1.165) is 6.04 Å². The molecule has 18 heavy (non-hydrogen) atoms. The SMILES string of the molecule is CC(CNC1CCCN(C)CC1)N1CCCCC1. The van der Waals surface area contributed by atoms with Gasteiger partial charge >= 0.3 is 0 Å². The molecule has 0 saturated carbocycles. The van der Waals surface area contributed by atoms with Crippen molar-refractivity contribution in [3.05, 3.63) is 0 Å². The Bertz CT molecular complexity index is 224. The molecule has 0 aromatic heterocycles. The Morgan fingerprint density at radius 1 is 1.00 bits per heavy atom. The number of rotatable bonds is 4. The summed E-state index contributed by atoms with van der Waals surface area (Å²) in [6, 6.07) is 1.47. The van der Waals surface area contributed by atoms with Crippen molar-refractivity contribution in [2.75, 3.05) is 39.8 Å². The van der Waals surface area contributed by atoms with Gasteiger partial charge in [0, 0.05) is 18.6 Å². The van der Waals surface area contributed by atoms with Gasteiger partial charge in [-0.05, 0) is 72.3 Å². The van der Waals surface area contributed by atoms with Gasteiger partial charge in [0.1, 0.15) is 0 Å². The topological polar surface area (TPSA) is 18.5 Å². The van der Waals surface area contributed by atoms with Crippen molar-refractivity contribution in [1.82, 2.24) is 15.1 Å². The summed E-state index contributed by atoms with van der Waals surface area (Å²) in [5.74, 6) is 0. The molecule has 0 aromatic rings. The summed E-state index contributed by atoms with van der Waals surface area (Å²) in [6.45, 7) is 8.73. The van der Waals surface area contributed by atoms with E-state index in [9.17, 15) is 0 Å². The Morgan fingerprint density at radius 3 is 2.56 bits per heavy atom. The first-order valence-corrected chi connectivity index (χ1v) is 7.91. The van der Waals surface area contributed by atoms with Gasteiger partial charge in [-0.1, -0.05) is 6.42 Å². The zero-order valence-corrected chi connectivity index (χ0v) is 12.3. The largest absolute Gasteiger partial charge is 0.312 e. The second kappa shape index (κ2) is 7.46. The third kappa shape index (κ3) is 4.52. The summed E-state index contributed by atoms with van der Waals surface area (Å²) in [5, 5.41) is 3.81. The van der Waals surface area contributed by atoms with E-state index < -0.39 is 0 Å². The Kier molecular flexibility index (Phi) is 5.93. The molecule has 1 N–H and O–H groups in total. The molecule has 3 heteroatoms. The highest BCUT2D eigenvalue weighted by molar-refractivity contribution is 4.78. The maximum Gasteiger partial charge on any atom is 0.0192 e. The molecule has 2 saturated heterocycles. The Hall–Kier alpha value is -0.120. The van der Waals surface area contributed by atoms with Crippen LogP contribution in [0.4, 0.5) is 0 Å². The third-order valence-corrected chi connectivity index (χ3v) is 4.67. The number of likely N-dealkylation sites (tertiary alicyclic amines) is 2. The average Bonchev–Trinajstić information content (AvgIpc) is 2.62. The van der Waals surface area contributed by atoms with Crippen LogP contribution in [0.15, 0.2) is 0 Å². The van der Waals surface area contributed by atoms with E-state index in [1.807, 2.05) is 0 Å². The number of nitrogens with one attached hydrogen (secondary N) is 1. The van der Waals surface area contributed by atoms with Gasteiger partial charge in [0.2, 0.25) is 0 Å². The molecule has 0 bridgehead atoms. The molecule has 106 valence electrons. The van der Waals surface area contributed by atoms with Crippen molar-refractivity contribution in [2.45, 2.75) is 57.5 Å². The third-order valence-electron chi connectivity index (χ3n) is 4.67. The number of hydrogen-bond acceptors (Lipinski definition) is 3. The van der Waals surface area contributed by atoms with Crippen LogP contribution in [0.2, 0.25) is 0 Å². The minimum atomic E-state index is 0.714. The van der Waals surface area contributed by atoms with Gasteiger partial charge in [0.25, 0.3) is 0 Å². The van der Waals surface area contributed by atoms with E-state index in [0.29, 0.717) is 6.04 Å². The summed E-state index contributed by atoms with van der Waals surface area (Å²) >= 11 is 0. The molecule has 2 unspecified atom stereocenters. The average molecular weight is 253 g/mol. The maximum absolute atomic E-state index is 3.81. The highest BCUT2D eigenvalue weighted by Crippen LogP contribution is 2.13. The summed E-state index contributed by atoms with van der Waals surface area (Å²) in [4.78, 5) is 5.13. The molecule has 2 aliphatic rings. The first-order chi connectivity index (χ1) is 8.75. The van der Waals surface area contributed by atoms with Crippen molar-refractivity contribution in [1.29, 1.82) is 0 Å². The van der Waals surface area contributed by atoms with Crippen molar-refractivity contribution < 1.29 is 0 Å². The van der Waals surface area contributed by atoms with Crippen LogP contribution in [0.25, 0.3) is 0 Å². The summed E-state index contributed by atoms with van der Waals surface area (Å²) in [7, 11) is 2.25. The Morgan fingerprint density at radius 2 is 1.78 bits per heavy atom. The van der Waals surface area contributed by atoms with Crippen molar-refractivity contribution in [3.63, 3.8) is 0 Å². The number of hydrogen-bond donors (Lipinski definition) is 1. The van der Waals surface area contributed by atoms with Crippen LogP contribution in [-0.4, -0.2) is 61.7 Å². The van der Waals surface area contributed by atoms with E-state index in [1.165, 1.54) is 71.2 Å². The van der Waals surface area contributed by atoms with E-state index in [4.69, 9.17) is 0 Å². The molecule has 0 spiro atoms. The summed E-state index contributed by atoms with van der Waals surface area (Å²) < 4.78 is 0. The molecule has 0 radical (unpaired) electrons. The Balaban J connectivity index is 1.66. The zero-order chi connectivity index (χ0) is 12.8. The van der Waals surface area contributed by atoms with Crippen molar-refractivity contribution >= 4 is 0 Å². The molecular formula is C15H31N3. The van der Waals surface area contributed by atoms with E-state index in [2.05, 4.69) is 29.1 Å². The fourth-order valence-electron chi connectivity index (χ4n) is 3.27. The van der Waals surface area contributed by atoms with E-state index >= 15 is 0 Å². The lowest BCUT2D eigenvalue weighted by Gasteiger charge is -2.33. The lowest BCUT2D eigenvalue weighted by atomic mass is 10.1. The number of nitrogens with zero attached hydrogens (tertiary/aromatic N) is 2. The standard InChI is InChI=1S/C15H31N3/c1-14(18-10-4-3-5-11-18)13-16-15-7-6-9-17(2)12-8-15/h14-16H,3-13H2,1-2H3. The highest BCUT2D eigenvalue weighted by atomic mass is 15.2. The van der Waals surface area contributed by atoms with Gasteiger partial charge in [-0.3, -0.25) is 4.90 Å². The Labute approximate surface area is 113 Å². The van der Waals surface area contributed by atoms with Crippen molar-refractivity contribution in [3.8, 4) is 0 Å². The van der Waals surface area contributed by atoms with Gasteiger partial charge in [0.15, 0.2) is 0 Å². The molecule has 0 aromatic carbocycles. The van der Waals surface area contributed by atoms with Crippen molar-refractivity contribution in [2.24, 2.45) is 0 Å². The lowest BCUT2D eigenvalue weighted by molar-refractivity contribution is 0.167. The smallest absolute Gasteiger partial charge is 0.0192 e. The molecule has 2 atom stereocenters. The molecule has 2 aliphatic heterocycles. The van der Waals surface area contributed by atoms with Crippen LogP contribution >= 0.6 is 0 Å². The molecule has 2 heterocycles. The first kappa shape index (κ1) is 14.3. The normalized spacial score (nSPS) is 30.0. The van der Waals surface area contributed by atoms with Crippen LogP contribution in [0.5, 0.6) is 0 Å². The fourth-order valence-corrected chi connectivity index (χ4v) is 3.27. The molecule has 0 aliphatic carbocycles. The molecule has 2 rings (SSSR count). The molecule has 0 amide bonds. The zero-order valence-electron chi connectivity index (χ0n) is 12.3. The molecule has 2 fully saturated rings. The van der Waals surface area contributed by atoms with Gasteiger partial charge < -0.3 is 10.2 Å². The van der Waals surface area contributed by atoms with Crippen LogP contribution in [0, 0.1) is 0 Å². The van der Waals surface area contributed by atoms with Gasteiger partial charge in [-0.15, -0.1) is 0 Å². The minimum Gasteiger partial charge on any atom is -0.312 e. The van der Waals surface area contributed by atoms with Crippen LogP contribution < -0.4 is 5.32 Å². The summed E-state index contributed by atoms with van der Waals surface area (Å²) in [5.41, 5.74) is 0. The predicted octanol–water partition coefficient (Wildman–Crippen LogP) is 1.93. The lowest BCUT2D eigenvalue weighted by Crippen LogP contribution is -2.45. The fraction of sp³-hybridized carbons (Fsp3) is 1.00. The maximum atomic E-state index is 3.81.